The summed E-state index contributed by atoms with van der Waals surface area (Å²) >= 11 is 7.28. The van der Waals surface area contributed by atoms with Gasteiger partial charge in [0.05, 0.1) is 10.7 Å². The van der Waals surface area contributed by atoms with Gasteiger partial charge in [0.2, 0.25) is 0 Å². The van der Waals surface area contributed by atoms with E-state index in [4.69, 9.17) is 17.3 Å². The van der Waals surface area contributed by atoms with Crippen molar-refractivity contribution in [1.29, 1.82) is 0 Å². The maximum absolute atomic E-state index is 13.1. The van der Waals surface area contributed by atoms with Gasteiger partial charge in [0, 0.05) is 10.4 Å². The molecule has 1 aromatic heterocycles. The fraction of sp³-hybridized carbons (Fsp3) is 0. The van der Waals surface area contributed by atoms with Crippen molar-refractivity contribution in [1.82, 2.24) is 0 Å². The SMILES string of the molecule is Nc1c(Cl)cc(F)cc1-c1cccs1. The number of rotatable bonds is 1. The minimum absolute atomic E-state index is 0.258. The van der Waals surface area contributed by atoms with Crippen molar-refractivity contribution >= 4 is 28.6 Å². The van der Waals surface area contributed by atoms with Crippen LogP contribution in [0.2, 0.25) is 5.02 Å². The topological polar surface area (TPSA) is 26.0 Å². The second kappa shape index (κ2) is 3.59. The van der Waals surface area contributed by atoms with Crippen molar-refractivity contribution in [3.63, 3.8) is 0 Å². The Bertz CT molecular complexity index is 453. The molecule has 0 radical (unpaired) electrons. The van der Waals surface area contributed by atoms with Crippen LogP contribution in [0.3, 0.4) is 0 Å². The Balaban J connectivity index is 2.64. The highest BCUT2D eigenvalue weighted by molar-refractivity contribution is 7.13. The summed E-state index contributed by atoms with van der Waals surface area (Å²) in [5.74, 6) is -0.368. The molecule has 0 aliphatic rings. The molecule has 1 heterocycles. The van der Waals surface area contributed by atoms with Gasteiger partial charge in [0.15, 0.2) is 0 Å². The fourth-order valence-electron chi connectivity index (χ4n) is 1.22. The minimum Gasteiger partial charge on any atom is -0.397 e. The van der Waals surface area contributed by atoms with E-state index in [0.717, 1.165) is 4.88 Å². The zero-order valence-electron chi connectivity index (χ0n) is 7.13. The summed E-state index contributed by atoms with van der Waals surface area (Å²) in [4.78, 5) is 0.920. The summed E-state index contributed by atoms with van der Waals surface area (Å²) in [5, 5.41) is 2.17. The maximum Gasteiger partial charge on any atom is 0.125 e. The first-order valence-electron chi connectivity index (χ1n) is 3.97. The molecule has 72 valence electrons. The number of benzene rings is 1. The summed E-state index contributed by atoms with van der Waals surface area (Å²) in [6, 6.07) is 6.38. The lowest BCUT2D eigenvalue weighted by molar-refractivity contribution is 0.628. The van der Waals surface area contributed by atoms with Crippen molar-refractivity contribution in [2.24, 2.45) is 0 Å². The first-order chi connectivity index (χ1) is 6.68. The third-order valence-electron chi connectivity index (χ3n) is 1.88. The van der Waals surface area contributed by atoms with Crippen molar-refractivity contribution in [3.8, 4) is 10.4 Å². The van der Waals surface area contributed by atoms with E-state index in [1.807, 2.05) is 17.5 Å². The summed E-state index contributed by atoms with van der Waals surface area (Å²) in [7, 11) is 0. The lowest BCUT2D eigenvalue weighted by Gasteiger charge is -2.05. The molecule has 4 heteroatoms. The molecule has 2 rings (SSSR count). The number of thiophene rings is 1. The number of anilines is 1. The highest BCUT2D eigenvalue weighted by atomic mass is 35.5. The fourth-order valence-corrected chi connectivity index (χ4v) is 2.18. The number of halogens is 2. The van der Waals surface area contributed by atoms with Crippen LogP contribution in [0.25, 0.3) is 10.4 Å². The Morgan fingerprint density at radius 2 is 2.14 bits per heavy atom. The number of hydrogen-bond acceptors (Lipinski definition) is 2. The Hall–Kier alpha value is -1.06. The number of hydrogen-bond donors (Lipinski definition) is 1. The zero-order valence-corrected chi connectivity index (χ0v) is 8.70. The van der Waals surface area contributed by atoms with E-state index in [9.17, 15) is 4.39 Å². The van der Waals surface area contributed by atoms with E-state index in [1.165, 1.54) is 23.5 Å². The molecule has 0 saturated carbocycles. The van der Waals surface area contributed by atoms with Gasteiger partial charge in [-0.1, -0.05) is 17.7 Å². The Morgan fingerprint density at radius 3 is 2.79 bits per heavy atom. The third kappa shape index (κ3) is 1.61. The molecule has 0 saturated heterocycles. The van der Waals surface area contributed by atoms with Crippen molar-refractivity contribution in [3.05, 3.63) is 40.5 Å². The molecule has 0 fully saturated rings. The van der Waals surface area contributed by atoms with Gasteiger partial charge in [-0.2, -0.15) is 0 Å². The van der Waals surface area contributed by atoms with Crippen LogP contribution in [0.4, 0.5) is 10.1 Å². The monoisotopic (exact) mass is 227 g/mol. The predicted molar refractivity (Wildman–Crippen MR) is 59.1 cm³/mol. The third-order valence-corrected chi connectivity index (χ3v) is 3.10. The molecule has 0 unspecified atom stereocenters. The highest BCUT2D eigenvalue weighted by Crippen LogP contribution is 2.34. The summed E-state index contributed by atoms with van der Waals surface area (Å²) < 4.78 is 13.1. The molecule has 0 atom stereocenters. The van der Waals surface area contributed by atoms with Gasteiger partial charge in [-0.3, -0.25) is 0 Å². The number of nitrogen functional groups attached to an aromatic ring is 1. The first kappa shape index (κ1) is 9.49. The largest absolute Gasteiger partial charge is 0.397 e. The maximum atomic E-state index is 13.1. The Morgan fingerprint density at radius 1 is 1.36 bits per heavy atom. The molecule has 1 aromatic carbocycles. The van der Waals surface area contributed by atoms with Gasteiger partial charge in [0.1, 0.15) is 5.82 Å². The van der Waals surface area contributed by atoms with Crippen LogP contribution in [0.5, 0.6) is 0 Å². The highest BCUT2D eigenvalue weighted by Gasteiger charge is 2.09. The van der Waals surface area contributed by atoms with E-state index in [0.29, 0.717) is 11.3 Å². The lowest BCUT2D eigenvalue weighted by atomic mass is 10.1. The minimum atomic E-state index is -0.368. The van der Waals surface area contributed by atoms with Crippen molar-refractivity contribution in [2.75, 3.05) is 5.73 Å². The Kier molecular flexibility index (Phi) is 2.44. The molecular weight excluding hydrogens is 221 g/mol. The van der Waals surface area contributed by atoms with Crippen molar-refractivity contribution in [2.45, 2.75) is 0 Å². The normalized spacial score (nSPS) is 10.4. The average Bonchev–Trinajstić information content (AvgIpc) is 2.63. The van der Waals surface area contributed by atoms with Crippen LogP contribution in [0.1, 0.15) is 0 Å². The van der Waals surface area contributed by atoms with Crippen molar-refractivity contribution < 1.29 is 4.39 Å². The van der Waals surface area contributed by atoms with Gasteiger partial charge >= 0.3 is 0 Å². The van der Waals surface area contributed by atoms with Crippen LogP contribution < -0.4 is 5.73 Å². The van der Waals surface area contributed by atoms with Gasteiger partial charge in [-0.05, 0) is 23.6 Å². The van der Waals surface area contributed by atoms with Crippen LogP contribution in [0.15, 0.2) is 29.6 Å². The molecule has 0 aliphatic heterocycles. The van der Waals surface area contributed by atoms with E-state index in [1.54, 1.807) is 0 Å². The molecular formula is C10H7ClFNS. The van der Waals surface area contributed by atoms with Crippen LogP contribution in [-0.4, -0.2) is 0 Å². The van der Waals surface area contributed by atoms with E-state index >= 15 is 0 Å². The van der Waals surface area contributed by atoms with Gasteiger partial charge in [-0.15, -0.1) is 11.3 Å². The molecule has 0 amide bonds. The van der Waals surface area contributed by atoms with Crippen LogP contribution in [0, 0.1) is 5.82 Å². The molecule has 2 aromatic rings. The average molecular weight is 228 g/mol. The molecule has 0 bridgehead atoms. The quantitative estimate of drug-likeness (QED) is 0.737. The first-order valence-corrected chi connectivity index (χ1v) is 5.22. The van der Waals surface area contributed by atoms with E-state index in [2.05, 4.69) is 0 Å². The van der Waals surface area contributed by atoms with E-state index < -0.39 is 0 Å². The summed E-state index contributed by atoms with van der Waals surface area (Å²) in [5.41, 5.74) is 6.83. The Labute approximate surface area is 89.9 Å². The molecule has 0 aliphatic carbocycles. The van der Waals surface area contributed by atoms with E-state index in [-0.39, 0.29) is 10.8 Å². The standard InChI is InChI=1S/C10H7ClFNS/c11-8-5-6(12)4-7(10(8)13)9-2-1-3-14-9/h1-5H,13H2. The van der Waals surface area contributed by atoms with Gasteiger partial charge in [0.25, 0.3) is 0 Å². The molecule has 0 spiro atoms. The summed E-state index contributed by atoms with van der Waals surface area (Å²) in [6.45, 7) is 0. The summed E-state index contributed by atoms with van der Waals surface area (Å²) in [6.07, 6.45) is 0. The lowest BCUT2D eigenvalue weighted by Crippen LogP contribution is -1.91. The van der Waals surface area contributed by atoms with Gasteiger partial charge < -0.3 is 5.73 Å². The molecule has 2 N–H and O–H groups in total. The predicted octanol–water partition coefficient (Wildman–Crippen LogP) is 3.79. The second-order valence-corrected chi connectivity index (χ2v) is 4.18. The van der Waals surface area contributed by atoms with Crippen LogP contribution in [-0.2, 0) is 0 Å². The number of nitrogens with two attached hydrogens (primary N) is 1. The molecule has 14 heavy (non-hydrogen) atoms. The van der Waals surface area contributed by atoms with Gasteiger partial charge in [-0.25, -0.2) is 4.39 Å². The van der Waals surface area contributed by atoms with Crippen LogP contribution >= 0.6 is 22.9 Å². The smallest absolute Gasteiger partial charge is 0.125 e. The zero-order chi connectivity index (χ0) is 10.1. The molecule has 1 nitrogen and oxygen atoms in total. The second-order valence-electron chi connectivity index (χ2n) is 2.83.